The first-order valence-electron chi connectivity index (χ1n) is 5.81. The van der Waals surface area contributed by atoms with Crippen LogP contribution in [0.25, 0.3) is 0 Å². The van der Waals surface area contributed by atoms with Crippen molar-refractivity contribution >= 4 is 0 Å². The number of pyridine rings is 1. The molecule has 0 saturated carbocycles. The lowest BCUT2D eigenvalue weighted by atomic mass is 10.1. The number of nitrogens with one attached hydrogen (secondary N) is 1. The molecule has 3 rings (SSSR count). The lowest BCUT2D eigenvalue weighted by Gasteiger charge is -2.14. The van der Waals surface area contributed by atoms with E-state index in [-0.39, 0.29) is 0 Å². The van der Waals surface area contributed by atoms with Gasteiger partial charge in [-0.05, 0) is 43.1 Å². The first kappa shape index (κ1) is 9.31. The fourth-order valence-electron chi connectivity index (χ4n) is 2.50. The van der Waals surface area contributed by atoms with Gasteiger partial charge in [-0.15, -0.1) is 0 Å². The van der Waals surface area contributed by atoms with Crippen molar-refractivity contribution in [2.75, 3.05) is 13.1 Å². The second kappa shape index (κ2) is 3.91. The highest BCUT2D eigenvalue weighted by Gasteiger charge is 2.15. The van der Waals surface area contributed by atoms with E-state index in [0.29, 0.717) is 0 Å². The molecule has 0 atom stereocenters. The van der Waals surface area contributed by atoms with Gasteiger partial charge in [-0.2, -0.15) is 0 Å². The molecule has 1 fully saturated rings. The van der Waals surface area contributed by atoms with Crippen LogP contribution < -0.4 is 5.32 Å². The highest BCUT2D eigenvalue weighted by atomic mass is 15.1. The number of aromatic nitrogens is 1. The summed E-state index contributed by atoms with van der Waals surface area (Å²) in [6, 6.07) is 2.32. The van der Waals surface area contributed by atoms with Crippen molar-refractivity contribution in [3.8, 4) is 0 Å². The molecular formula is C12H17N3. The van der Waals surface area contributed by atoms with Crippen LogP contribution in [-0.2, 0) is 19.6 Å². The molecule has 0 bridgehead atoms. The maximum atomic E-state index is 4.51. The molecule has 3 nitrogen and oxygen atoms in total. The third kappa shape index (κ3) is 1.90. The Morgan fingerprint density at radius 3 is 3.00 bits per heavy atom. The van der Waals surface area contributed by atoms with E-state index in [1.807, 2.05) is 6.20 Å². The Hall–Kier alpha value is -0.930. The monoisotopic (exact) mass is 203 g/mol. The minimum absolute atomic E-state index is 0.944. The van der Waals surface area contributed by atoms with Gasteiger partial charge in [0.05, 0.1) is 5.69 Å². The summed E-state index contributed by atoms with van der Waals surface area (Å²) in [5, 5.41) is 3.33. The molecule has 0 unspecified atom stereocenters. The van der Waals surface area contributed by atoms with Gasteiger partial charge in [-0.3, -0.25) is 9.88 Å². The average Bonchev–Trinajstić information content (AvgIpc) is 2.87. The largest absolute Gasteiger partial charge is 0.307 e. The first-order valence-corrected chi connectivity index (χ1v) is 5.81. The van der Waals surface area contributed by atoms with E-state index in [1.54, 1.807) is 0 Å². The molecule has 80 valence electrons. The summed E-state index contributed by atoms with van der Waals surface area (Å²) in [4.78, 5) is 7.03. The lowest BCUT2D eigenvalue weighted by Crippen LogP contribution is -2.18. The summed E-state index contributed by atoms with van der Waals surface area (Å²) in [7, 11) is 0. The van der Waals surface area contributed by atoms with Crippen LogP contribution in [-0.4, -0.2) is 23.0 Å². The molecule has 2 aliphatic rings. The van der Waals surface area contributed by atoms with Gasteiger partial charge in [0.2, 0.25) is 0 Å². The Bertz CT molecular complexity index is 356. The van der Waals surface area contributed by atoms with Gasteiger partial charge in [0.25, 0.3) is 0 Å². The predicted molar refractivity (Wildman–Crippen MR) is 59.3 cm³/mol. The van der Waals surface area contributed by atoms with E-state index in [9.17, 15) is 0 Å². The van der Waals surface area contributed by atoms with Crippen LogP contribution in [0, 0.1) is 0 Å². The molecule has 1 N–H and O–H groups in total. The van der Waals surface area contributed by atoms with E-state index in [0.717, 1.165) is 19.6 Å². The minimum Gasteiger partial charge on any atom is -0.307 e. The van der Waals surface area contributed by atoms with Crippen molar-refractivity contribution < 1.29 is 0 Å². The second-order valence-corrected chi connectivity index (χ2v) is 4.54. The third-order valence-electron chi connectivity index (χ3n) is 3.33. The number of rotatable bonds is 2. The molecule has 0 amide bonds. The SMILES string of the molecule is c1nc2c(cc1CN1CCCC1)CNC2. The number of fused-ring (bicyclic) bond motifs is 1. The Morgan fingerprint density at radius 1 is 1.27 bits per heavy atom. The van der Waals surface area contributed by atoms with Gasteiger partial charge >= 0.3 is 0 Å². The molecule has 0 aliphatic carbocycles. The van der Waals surface area contributed by atoms with E-state index < -0.39 is 0 Å². The van der Waals surface area contributed by atoms with Gasteiger partial charge in [-0.1, -0.05) is 0 Å². The van der Waals surface area contributed by atoms with E-state index in [2.05, 4.69) is 21.3 Å². The topological polar surface area (TPSA) is 28.2 Å². The van der Waals surface area contributed by atoms with E-state index in [1.165, 1.54) is 42.8 Å². The average molecular weight is 203 g/mol. The second-order valence-electron chi connectivity index (χ2n) is 4.54. The van der Waals surface area contributed by atoms with Crippen LogP contribution in [0.5, 0.6) is 0 Å². The fourth-order valence-corrected chi connectivity index (χ4v) is 2.50. The van der Waals surface area contributed by atoms with Crippen molar-refractivity contribution in [3.63, 3.8) is 0 Å². The normalized spacial score (nSPS) is 20.8. The number of likely N-dealkylation sites (tertiary alicyclic amines) is 1. The molecule has 0 radical (unpaired) electrons. The molecule has 0 aromatic carbocycles. The quantitative estimate of drug-likeness (QED) is 0.785. The van der Waals surface area contributed by atoms with E-state index >= 15 is 0 Å². The molecule has 0 spiro atoms. The third-order valence-corrected chi connectivity index (χ3v) is 3.33. The molecule has 15 heavy (non-hydrogen) atoms. The van der Waals surface area contributed by atoms with Gasteiger partial charge in [-0.25, -0.2) is 0 Å². The Labute approximate surface area is 90.5 Å². The molecule has 1 saturated heterocycles. The zero-order valence-corrected chi connectivity index (χ0v) is 9.00. The molecule has 1 aromatic rings. The molecule has 2 aliphatic heterocycles. The Morgan fingerprint density at radius 2 is 2.13 bits per heavy atom. The van der Waals surface area contributed by atoms with E-state index in [4.69, 9.17) is 0 Å². The molecule has 1 aromatic heterocycles. The van der Waals surface area contributed by atoms with Crippen molar-refractivity contribution in [3.05, 3.63) is 29.1 Å². The maximum Gasteiger partial charge on any atom is 0.0586 e. The minimum atomic E-state index is 0.944. The van der Waals surface area contributed by atoms with Gasteiger partial charge < -0.3 is 5.32 Å². The van der Waals surface area contributed by atoms with Crippen molar-refractivity contribution in [1.82, 2.24) is 15.2 Å². The van der Waals surface area contributed by atoms with Crippen LogP contribution in [0.4, 0.5) is 0 Å². The summed E-state index contributed by atoms with van der Waals surface area (Å²) >= 11 is 0. The standard InChI is InChI=1S/C12H17N3/c1-2-4-15(3-1)9-10-5-11-7-13-8-12(11)14-6-10/h5-6,13H,1-4,7-9H2. The number of hydrogen-bond acceptors (Lipinski definition) is 3. The molecular weight excluding hydrogens is 186 g/mol. The van der Waals surface area contributed by atoms with Crippen molar-refractivity contribution in [1.29, 1.82) is 0 Å². The van der Waals surface area contributed by atoms with Gasteiger partial charge in [0, 0.05) is 25.8 Å². The smallest absolute Gasteiger partial charge is 0.0586 e. The van der Waals surface area contributed by atoms with Crippen molar-refractivity contribution in [2.24, 2.45) is 0 Å². The highest BCUT2D eigenvalue weighted by molar-refractivity contribution is 5.28. The molecule has 3 heteroatoms. The summed E-state index contributed by atoms with van der Waals surface area (Å²) in [6.45, 7) is 5.54. The Kier molecular flexibility index (Phi) is 2.43. The molecule has 3 heterocycles. The van der Waals surface area contributed by atoms with Crippen LogP contribution in [0.15, 0.2) is 12.3 Å². The zero-order chi connectivity index (χ0) is 10.1. The van der Waals surface area contributed by atoms with Crippen molar-refractivity contribution in [2.45, 2.75) is 32.5 Å². The lowest BCUT2D eigenvalue weighted by molar-refractivity contribution is 0.331. The van der Waals surface area contributed by atoms with Crippen LogP contribution in [0.2, 0.25) is 0 Å². The number of nitrogens with zero attached hydrogens (tertiary/aromatic N) is 2. The first-order chi connectivity index (χ1) is 7.42. The predicted octanol–water partition coefficient (Wildman–Crippen LogP) is 1.28. The van der Waals surface area contributed by atoms with Gasteiger partial charge in [0.15, 0.2) is 0 Å². The van der Waals surface area contributed by atoms with Gasteiger partial charge in [0.1, 0.15) is 0 Å². The highest BCUT2D eigenvalue weighted by Crippen LogP contribution is 2.17. The maximum absolute atomic E-state index is 4.51. The summed E-state index contributed by atoms with van der Waals surface area (Å²) < 4.78 is 0. The number of hydrogen-bond donors (Lipinski definition) is 1. The summed E-state index contributed by atoms with van der Waals surface area (Å²) in [6.07, 6.45) is 4.77. The summed E-state index contributed by atoms with van der Waals surface area (Å²) in [5.74, 6) is 0. The van der Waals surface area contributed by atoms with Crippen LogP contribution in [0.1, 0.15) is 29.7 Å². The fraction of sp³-hybridized carbons (Fsp3) is 0.583. The van der Waals surface area contributed by atoms with Crippen LogP contribution in [0.3, 0.4) is 0 Å². The zero-order valence-electron chi connectivity index (χ0n) is 9.00. The Balaban J connectivity index is 1.75. The van der Waals surface area contributed by atoms with Crippen LogP contribution >= 0.6 is 0 Å². The summed E-state index contributed by atoms with van der Waals surface area (Å²) in [5.41, 5.74) is 4.01.